The van der Waals surface area contributed by atoms with Crippen LogP contribution in [0.1, 0.15) is 103 Å². The van der Waals surface area contributed by atoms with Gasteiger partial charge in [-0.2, -0.15) is 0 Å². The lowest BCUT2D eigenvalue weighted by Crippen LogP contribution is -2.80. The summed E-state index contributed by atoms with van der Waals surface area (Å²) in [7, 11) is 0. The van der Waals surface area contributed by atoms with E-state index in [1.165, 1.54) is 12.8 Å². The summed E-state index contributed by atoms with van der Waals surface area (Å²) in [6.07, 6.45) is 10.7. The fraction of sp³-hybridized carbons (Fsp3) is 0.875. The largest absolute Gasteiger partial charge is 0.481 e. The highest BCUT2D eigenvalue weighted by molar-refractivity contribution is 5.91. The van der Waals surface area contributed by atoms with Crippen molar-refractivity contribution in [3.05, 3.63) is 0 Å². The molecule has 0 aromatic carbocycles. The zero-order valence-electron chi connectivity index (χ0n) is 29.5. The molecule has 8 atom stereocenters. The van der Waals surface area contributed by atoms with Gasteiger partial charge in [-0.05, 0) is 51.4 Å². The molecule has 6 fully saturated rings. The smallest absolute Gasteiger partial charge is 0.329 e. The Kier molecular flexibility index (Phi) is 13.0. The maximum Gasteiger partial charge on any atom is 0.329 e. The van der Waals surface area contributed by atoms with E-state index >= 15 is 0 Å². The third-order valence-electron chi connectivity index (χ3n) is 11.4. The molecule has 8 unspecified atom stereocenters. The third kappa shape index (κ3) is 9.93. The van der Waals surface area contributed by atoms with E-state index in [4.69, 9.17) is 0 Å². The third-order valence-corrected chi connectivity index (χ3v) is 11.4. The fourth-order valence-electron chi connectivity index (χ4n) is 8.64. The van der Waals surface area contributed by atoms with Crippen LogP contribution >= 0.6 is 0 Å². The number of carboxylic acid groups (broad SMARTS) is 4. The number of nitrogens with one attached hydrogen (secondary N) is 12. The van der Waals surface area contributed by atoms with Crippen LogP contribution in [0.4, 0.5) is 0 Å². The summed E-state index contributed by atoms with van der Waals surface area (Å²) in [5.41, 5.74) is -1.71. The van der Waals surface area contributed by atoms with E-state index in [0.29, 0.717) is 6.04 Å². The molecule has 0 radical (unpaired) electrons. The van der Waals surface area contributed by atoms with Gasteiger partial charge in [0.2, 0.25) is 0 Å². The lowest BCUT2D eigenvalue weighted by molar-refractivity contribution is -0.147. The van der Waals surface area contributed by atoms with Crippen molar-refractivity contribution in [2.24, 2.45) is 0 Å². The molecule has 3 heterocycles. The van der Waals surface area contributed by atoms with Crippen LogP contribution in [-0.4, -0.2) is 117 Å². The molecule has 20 nitrogen and oxygen atoms in total. The second-order valence-electron chi connectivity index (χ2n) is 15.3. The van der Waals surface area contributed by atoms with E-state index in [-0.39, 0.29) is 24.4 Å². The van der Waals surface area contributed by atoms with E-state index in [2.05, 4.69) is 63.8 Å². The Labute approximate surface area is 302 Å². The van der Waals surface area contributed by atoms with Crippen molar-refractivity contribution in [3.8, 4) is 0 Å². The van der Waals surface area contributed by atoms with Crippen molar-refractivity contribution in [1.82, 2.24) is 63.8 Å². The van der Waals surface area contributed by atoms with E-state index in [9.17, 15) is 39.6 Å². The van der Waals surface area contributed by atoms with Gasteiger partial charge in [-0.3, -0.25) is 83.0 Å². The summed E-state index contributed by atoms with van der Waals surface area (Å²) >= 11 is 0. The van der Waals surface area contributed by atoms with Crippen LogP contribution < -0.4 is 63.8 Å². The van der Waals surface area contributed by atoms with Crippen molar-refractivity contribution in [3.63, 3.8) is 0 Å². The Morgan fingerprint density at radius 2 is 0.981 bits per heavy atom. The van der Waals surface area contributed by atoms with Crippen LogP contribution in [0.15, 0.2) is 0 Å². The lowest BCUT2D eigenvalue weighted by atomic mass is 9.91. The van der Waals surface area contributed by atoms with Gasteiger partial charge < -0.3 is 20.4 Å². The van der Waals surface area contributed by atoms with Gasteiger partial charge >= 0.3 is 23.9 Å². The number of carbonyl (C=O) groups is 4. The van der Waals surface area contributed by atoms with Gasteiger partial charge in [0.15, 0.2) is 11.3 Å². The Bertz CT molecular complexity index is 1270. The molecule has 1 spiro atoms. The van der Waals surface area contributed by atoms with Gasteiger partial charge in [-0.25, -0.2) is 0 Å². The van der Waals surface area contributed by atoms with E-state index < -0.39 is 79.2 Å². The standard InChI is InChI=1S/C32H58N12O8/c45-22(46)15-21(24(49)50)37-28-39-26(33-17-7-3-1-4-8-17)38-27(40-28)34-19-11-13-20(14-12-19)36-30-41-29(35-18-9-5-2-6-10-18)42-32(43-30)31(44-32,25(51)52)16-23(47)48/h17-21,26-30,33-44H,1-16H2,(H,45,46)(H,47,48)(H,49,50)(H,51,52). The van der Waals surface area contributed by atoms with Crippen molar-refractivity contribution < 1.29 is 39.6 Å². The fourth-order valence-corrected chi connectivity index (χ4v) is 8.64. The summed E-state index contributed by atoms with van der Waals surface area (Å²) in [6.45, 7) is 0. The van der Waals surface area contributed by atoms with Crippen LogP contribution in [0.5, 0.6) is 0 Å². The first-order chi connectivity index (χ1) is 24.9. The van der Waals surface area contributed by atoms with E-state index in [1.807, 2.05) is 0 Å². The molecule has 3 saturated heterocycles. The first-order valence-electron chi connectivity index (χ1n) is 19.0. The molecule has 52 heavy (non-hydrogen) atoms. The first-order valence-corrected chi connectivity index (χ1v) is 19.0. The highest BCUT2D eigenvalue weighted by Crippen LogP contribution is 2.39. The highest BCUT2D eigenvalue weighted by atomic mass is 16.4. The van der Waals surface area contributed by atoms with Crippen LogP contribution in [0.2, 0.25) is 0 Å². The molecule has 20 heteroatoms. The molecule has 16 N–H and O–H groups in total. The summed E-state index contributed by atoms with van der Waals surface area (Å²) in [5.74, 6) is -6.23. The molecule has 6 aliphatic rings. The molecule has 0 aromatic heterocycles. The normalized spacial score (nSPS) is 38.0. The zero-order chi connectivity index (χ0) is 36.9. The van der Waals surface area contributed by atoms with Gasteiger partial charge in [0.25, 0.3) is 0 Å². The Hall–Kier alpha value is -2.60. The second kappa shape index (κ2) is 17.2. The van der Waals surface area contributed by atoms with E-state index in [0.717, 1.165) is 77.0 Å². The predicted octanol–water partition coefficient (Wildman–Crippen LogP) is -2.62. The summed E-state index contributed by atoms with van der Waals surface area (Å²) in [5, 5.41) is 79.0. The van der Waals surface area contributed by atoms with Gasteiger partial charge in [0.05, 0.1) is 12.8 Å². The minimum absolute atomic E-state index is 0.0856. The average molecular weight is 739 g/mol. The molecule has 0 bridgehead atoms. The molecule has 6 rings (SSSR count). The Balaban J connectivity index is 1.05. The summed E-state index contributed by atoms with van der Waals surface area (Å²) in [6, 6.07) is -0.527. The summed E-state index contributed by atoms with van der Waals surface area (Å²) < 4.78 is 0. The van der Waals surface area contributed by atoms with Gasteiger partial charge in [-0.1, -0.05) is 38.5 Å². The van der Waals surface area contributed by atoms with Gasteiger partial charge in [0, 0.05) is 24.2 Å². The van der Waals surface area contributed by atoms with Crippen LogP contribution in [0.3, 0.4) is 0 Å². The van der Waals surface area contributed by atoms with Crippen LogP contribution in [0.25, 0.3) is 0 Å². The minimum atomic E-state index is -1.71. The number of carboxylic acids is 4. The number of hydrogen-bond donors (Lipinski definition) is 16. The molecule has 0 amide bonds. The zero-order valence-corrected chi connectivity index (χ0v) is 29.5. The Morgan fingerprint density at radius 3 is 1.40 bits per heavy atom. The maximum absolute atomic E-state index is 12.4. The van der Waals surface area contributed by atoms with Gasteiger partial charge in [0.1, 0.15) is 37.5 Å². The topological polar surface area (TPSA) is 303 Å². The highest BCUT2D eigenvalue weighted by Gasteiger charge is 2.75. The van der Waals surface area contributed by atoms with Crippen molar-refractivity contribution in [2.75, 3.05) is 0 Å². The second-order valence-corrected chi connectivity index (χ2v) is 15.3. The first kappa shape index (κ1) is 39.1. The molecule has 3 aliphatic heterocycles. The van der Waals surface area contributed by atoms with Crippen LogP contribution in [-0.2, 0) is 19.2 Å². The molecular weight excluding hydrogens is 680 g/mol. The number of hydrogen-bond acceptors (Lipinski definition) is 16. The molecule has 0 aromatic rings. The molecule has 3 saturated carbocycles. The molecule has 294 valence electrons. The monoisotopic (exact) mass is 738 g/mol. The predicted molar refractivity (Wildman–Crippen MR) is 185 cm³/mol. The van der Waals surface area contributed by atoms with E-state index in [1.54, 1.807) is 0 Å². The average Bonchev–Trinajstić information content (AvgIpc) is 3.69. The Morgan fingerprint density at radius 1 is 0.558 bits per heavy atom. The minimum Gasteiger partial charge on any atom is -0.481 e. The lowest BCUT2D eigenvalue weighted by Gasteiger charge is -2.45. The quantitative estimate of drug-likeness (QED) is 0.0721. The van der Waals surface area contributed by atoms with Crippen LogP contribution in [0, 0.1) is 0 Å². The molecule has 3 aliphatic carbocycles. The summed E-state index contributed by atoms with van der Waals surface area (Å²) in [4.78, 5) is 47.3. The molecular formula is C32H58N12O8. The number of aliphatic carboxylic acids is 4. The van der Waals surface area contributed by atoms with Crippen molar-refractivity contribution >= 4 is 23.9 Å². The van der Waals surface area contributed by atoms with Crippen molar-refractivity contribution in [1.29, 1.82) is 0 Å². The van der Waals surface area contributed by atoms with Crippen molar-refractivity contribution in [2.45, 2.75) is 176 Å². The number of rotatable bonds is 16. The van der Waals surface area contributed by atoms with Gasteiger partial charge in [-0.15, -0.1) is 0 Å². The SMILES string of the molecule is O=C(O)CC(NC1NC(NC2CCCCC2)NC(NC2CCC(NC3NC(NC4CCCCC4)NC4(N3)NC4(CC(=O)O)C(=O)O)CC2)N1)C(=O)O. The maximum atomic E-state index is 12.4.